The molecule has 0 spiro atoms. The third-order valence-electron chi connectivity index (χ3n) is 6.06. The van der Waals surface area contributed by atoms with Gasteiger partial charge in [0, 0.05) is 32.2 Å². The number of aliphatic hydroxyl groups excluding tert-OH is 1. The molecule has 2 N–H and O–H groups in total. The lowest BCUT2D eigenvalue weighted by Gasteiger charge is -2.29. The maximum absolute atomic E-state index is 10.7. The summed E-state index contributed by atoms with van der Waals surface area (Å²) in [5.74, 6) is 2.92. The Morgan fingerprint density at radius 1 is 1.13 bits per heavy atom. The van der Waals surface area contributed by atoms with E-state index in [1.807, 2.05) is 12.1 Å². The van der Waals surface area contributed by atoms with Crippen LogP contribution in [-0.4, -0.2) is 80.9 Å². The number of benzene rings is 1. The first-order valence-electron chi connectivity index (χ1n) is 11.3. The Labute approximate surface area is 181 Å². The van der Waals surface area contributed by atoms with E-state index in [2.05, 4.69) is 22.0 Å². The number of piperidine rings is 1. The molecule has 7 nitrogen and oxygen atoms in total. The highest BCUT2D eigenvalue weighted by atomic mass is 16.5. The van der Waals surface area contributed by atoms with Crippen molar-refractivity contribution in [2.45, 2.75) is 38.7 Å². The van der Waals surface area contributed by atoms with Gasteiger partial charge in [0.15, 0.2) is 5.96 Å². The molecule has 0 radical (unpaired) electrons. The number of nitrogens with zero attached hydrogens (tertiary/aromatic N) is 3. The highest BCUT2D eigenvalue weighted by molar-refractivity contribution is 5.80. The van der Waals surface area contributed by atoms with Crippen molar-refractivity contribution in [3.63, 3.8) is 0 Å². The summed E-state index contributed by atoms with van der Waals surface area (Å²) in [6.07, 6.45) is 4.55. The molecule has 2 aliphatic rings. The van der Waals surface area contributed by atoms with Gasteiger partial charge in [-0.25, -0.2) is 0 Å². The Morgan fingerprint density at radius 3 is 2.47 bits per heavy atom. The normalized spacial score (nSPS) is 21.5. The van der Waals surface area contributed by atoms with E-state index in [1.165, 1.54) is 45.3 Å². The zero-order chi connectivity index (χ0) is 21.3. The second-order valence-corrected chi connectivity index (χ2v) is 8.32. The van der Waals surface area contributed by atoms with Gasteiger partial charge in [-0.15, -0.1) is 0 Å². The maximum Gasteiger partial charge on any atom is 0.194 e. The lowest BCUT2D eigenvalue weighted by Crippen LogP contribution is -2.41. The quantitative estimate of drug-likeness (QED) is 0.499. The lowest BCUT2D eigenvalue weighted by atomic mass is 10.1. The van der Waals surface area contributed by atoms with E-state index in [1.54, 1.807) is 20.3 Å². The Balaban J connectivity index is 1.60. The topological polar surface area (TPSA) is 69.6 Å². The van der Waals surface area contributed by atoms with Crippen LogP contribution in [0.3, 0.4) is 0 Å². The maximum atomic E-state index is 10.7. The SMILES string of the molecule is CCNC(=NCC(O)c1cc(OC)cc(OC)c1)N1CCC(CN2CCCCC2)C1. The van der Waals surface area contributed by atoms with Crippen molar-refractivity contribution < 1.29 is 14.6 Å². The fraction of sp³-hybridized carbons (Fsp3) is 0.696. The van der Waals surface area contributed by atoms with Gasteiger partial charge in [-0.3, -0.25) is 4.99 Å². The monoisotopic (exact) mass is 418 g/mol. The van der Waals surface area contributed by atoms with Crippen LogP contribution in [0.15, 0.2) is 23.2 Å². The van der Waals surface area contributed by atoms with Crippen molar-refractivity contribution in [2.75, 3.05) is 60.0 Å². The summed E-state index contributed by atoms with van der Waals surface area (Å²) >= 11 is 0. The summed E-state index contributed by atoms with van der Waals surface area (Å²) in [5, 5.41) is 14.1. The largest absolute Gasteiger partial charge is 0.497 e. The van der Waals surface area contributed by atoms with E-state index in [4.69, 9.17) is 14.5 Å². The first-order valence-corrected chi connectivity index (χ1v) is 11.3. The van der Waals surface area contributed by atoms with Crippen LogP contribution in [0.2, 0.25) is 0 Å². The molecule has 2 atom stereocenters. The minimum absolute atomic E-state index is 0.298. The van der Waals surface area contributed by atoms with Crippen LogP contribution in [0.4, 0.5) is 0 Å². The van der Waals surface area contributed by atoms with Crippen LogP contribution in [-0.2, 0) is 0 Å². The third kappa shape index (κ3) is 6.25. The van der Waals surface area contributed by atoms with Gasteiger partial charge in [0.05, 0.1) is 26.9 Å². The Bertz CT molecular complexity index is 669. The van der Waals surface area contributed by atoms with Crippen LogP contribution in [0.1, 0.15) is 44.3 Å². The molecule has 0 saturated carbocycles. The number of methoxy groups -OCH3 is 2. The van der Waals surface area contributed by atoms with Crippen molar-refractivity contribution in [3.8, 4) is 11.5 Å². The number of aliphatic imine (C=N–C) groups is 1. The average Bonchev–Trinajstić information content (AvgIpc) is 3.24. The van der Waals surface area contributed by atoms with Gasteiger partial charge in [-0.1, -0.05) is 6.42 Å². The highest BCUT2D eigenvalue weighted by Gasteiger charge is 2.27. The summed E-state index contributed by atoms with van der Waals surface area (Å²) in [6, 6.07) is 5.47. The van der Waals surface area contributed by atoms with E-state index >= 15 is 0 Å². The van der Waals surface area contributed by atoms with E-state index in [0.717, 1.165) is 31.2 Å². The molecule has 2 unspecified atom stereocenters. The summed E-state index contributed by atoms with van der Waals surface area (Å²) < 4.78 is 10.6. The van der Waals surface area contributed by atoms with Crippen LogP contribution in [0.25, 0.3) is 0 Å². The number of hydrogen-bond acceptors (Lipinski definition) is 5. The van der Waals surface area contributed by atoms with Gasteiger partial charge in [-0.2, -0.15) is 0 Å². The standard InChI is InChI=1S/C23H38N4O3/c1-4-24-23(27-11-8-18(17-27)16-26-9-6-5-7-10-26)25-15-22(28)19-12-20(29-2)14-21(13-19)30-3/h12-14,18,22,28H,4-11,15-17H2,1-3H3,(H,24,25). The number of guanidine groups is 1. The molecule has 2 aliphatic heterocycles. The Hall–Kier alpha value is -1.99. The first-order chi connectivity index (χ1) is 14.6. The Morgan fingerprint density at radius 2 is 1.83 bits per heavy atom. The summed E-state index contributed by atoms with van der Waals surface area (Å²) in [5.41, 5.74) is 0.746. The molecule has 2 heterocycles. The molecule has 0 bridgehead atoms. The van der Waals surface area contributed by atoms with Crippen LogP contribution in [0.5, 0.6) is 11.5 Å². The van der Waals surface area contributed by atoms with E-state index < -0.39 is 6.10 Å². The van der Waals surface area contributed by atoms with Crippen molar-refractivity contribution in [1.82, 2.24) is 15.1 Å². The van der Waals surface area contributed by atoms with Crippen molar-refractivity contribution in [3.05, 3.63) is 23.8 Å². The summed E-state index contributed by atoms with van der Waals surface area (Å²) in [6.45, 7) is 8.95. The summed E-state index contributed by atoms with van der Waals surface area (Å²) in [4.78, 5) is 9.72. The molecule has 2 fully saturated rings. The van der Waals surface area contributed by atoms with Gasteiger partial charge < -0.3 is 29.7 Å². The fourth-order valence-electron chi connectivity index (χ4n) is 4.41. The fourth-order valence-corrected chi connectivity index (χ4v) is 4.41. The molecule has 1 aromatic carbocycles. The molecule has 3 rings (SSSR count). The number of hydrogen-bond donors (Lipinski definition) is 2. The van der Waals surface area contributed by atoms with Crippen molar-refractivity contribution >= 4 is 5.96 Å². The number of ether oxygens (including phenoxy) is 2. The molecule has 30 heavy (non-hydrogen) atoms. The molecular formula is C23H38N4O3. The Kier molecular flexibility index (Phi) is 8.63. The number of nitrogens with one attached hydrogen (secondary N) is 1. The molecule has 0 aromatic heterocycles. The number of aliphatic hydroxyl groups is 1. The van der Waals surface area contributed by atoms with Gasteiger partial charge >= 0.3 is 0 Å². The van der Waals surface area contributed by atoms with E-state index in [9.17, 15) is 5.11 Å². The van der Waals surface area contributed by atoms with Gasteiger partial charge in [0.2, 0.25) is 0 Å². The van der Waals surface area contributed by atoms with Crippen molar-refractivity contribution in [1.29, 1.82) is 0 Å². The predicted molar refractivity (Wildman–Crippen MR) is 120 cm³/mol. The summed E-state index contributed by atoms with van der Waals surface area (Å²) in [7, 11) is 3.22. The molecule has 168 valence electrons. The minimum atomic E-state index is -0.714. The molecule has 0 aliphatic carbocycles. The third-order valence-corrected chi connectivity index (χ3v) is 6.06. The average molecular weight is 419 g/mol. The van der Waals surface area contributed by atoms with Crippen LogP contribution >= 0.6 is 0 Å². The van der Waals surface area contributed by atoms with E-state index in [0.29, 0.717) is 24.0 Å². The molecule has 7 heteroatoms. The molecule has 2 saturated heterocycles. The number of likely N-dealkylation sites (tertiary alicyclic amines) is 2. The predicted octanol–water partition coefficient (Wildman–Crippen LogP) is 2.51. The second-order valence-electron chi connectivity index (χ2n) is 8.32. The second kappa shape index (κ2) is 11.4. The lowest BCUT2D eigenvalue weighted by molar-refractivity contribution is 0.185. The molecular weight excluding hydrogens is 380 g/mol. The van der Waals surface area contributed by atoms with Crippen molar-refractivity contribution in [2.24, 2.45) is 10.9 Å². The van der Waals surface area contributed by atoms with Crippen LogP contribution in [0, 0.1) is 5.92 Å². The smallest absolute Gasteiger partial charge is 0.194 e. The first kappa shape index (κ1) is 22.7. The zero-order valence-corrected chi connectivity index (χ0v) is 18.8. The van der Waals surface area contributed by atoms with Gasteiger partial charge in [0.25, 0.3) is 0 Å². The molecule has 0 amide bonds. The van der Waals surface area contributed by atoms with Gasteiger partial charge in [0.1, 0.15) is 11.5 Å². The molecule has 1 aromatic rings. The van der Waals surface area contributed by atoms with E-state index in [-0.39, 0.29) is 0 Å². The van der Waals surface area contributed by atoms with Gasteiger partial charge in [-0.05, 0) is 62.9 Å². The number of rotatable bonds is 8. The van der Waals surface area contributed by atoms with Crippen LogP contribution < -0.4 is 14.8 Å². The minimum Gasteiger partial charge on any atom is -0.497 e. The zero-order valence-electron chi connectivity index (χ0n) is 18.8. The highest BCUT2D eigenvalue weighted by Crippen LogP contribution is 2.27.